The van der Waals surface area contributed by atoms with Crippen LogP contribution in [0.1, 0.15) is 12.5 Å². The number of fused-ring (bicyclic) bond motifs is 1. The summed E-state index contributed by atoms with van der Waals surface area (Å²) in [4.78, 5) is 14.3. The smallest absolute Gasteiger partial charge is 0.236 e. The van der Waals surface area contributed by atoms with E-state index in [0.717, 1.165) is 55.4 Å². The molecule has 1 aromatic carbocycles. The van der Waals surface area contributed by atoms with Gasteiger partial charge in [0.1, 0.15) is 11.6 Å². The Morgan fingerprint density at radius 3 is 2.63 bits per heavy atom. The SMILES string of the molecule is CCN1CCN(c2ccn3cc(-c4cc(Cl)c(OC)cc4C)nc3n2)CC1. The minimum Gasteiger partial charge on any atom is -0.495 e. The van der Waals surface area contributed by atoms with Gasteiger partial charge in [-0.15, -0.1) is 0 Å². The van der Waals surface area contributed by atoms with Gasteiger partial charge in [0.25, 0.3) is 0 Å². The first-order valence-electron chi connectivity index (χ1n) is 9.26. The second-order valence-corrected chi connectivity index (χ2v) is 7.25. The van der Waals surface area contributed by atoms with Crippen LogP contribution in [0.15, 0.2) is 30.6 Å². The van der Waals surface area contributed by atoms with Gasteiger partial charge in [-0.3, -0.25) is 4.40 Å². The quantitative estimate of drug-likeness (QED) is 0.687. The Morgan fingerprint density at radius 1 is 1.15 bits per heavy atom. The fourth-order valence-corrected chi connectivity index (χ4v) is 3.79. The molecule has 7 heteroatoms. The van der Waals surface area contributed by atoms with E-state index in [2.05, 4.69) is 22.8 Å². The van der Waals surface area contributed by atoms with Crippen LogP contribution in [0, 0.1) is 6.92 Å². The molecule has 0 atom stereocenters. The fourth-order valence-electron chi connectivity index (χ4n) is 3.55. The Kier molecular flexibility index (Phi) is 4.93. The number of aromatic nitrogens is 3. The van der Waals surface area contributed by atoms with Crippen LogP contribution in [0.2, 0.25) is 5.02 Å². The van der Waals surface area contributed by atoms with Gasteiger partial charge in [-0.2, -0.15) is 4.98 Å². The van der Waals surface area contributed by atoms with Gasteiger partial charge >= 0.3 is 0 Å². The van der Waals surface area contributed by atoms with Gasteiger partial charge in [-0.05, 0) is 37.2 Å². The van der Waals surface area contributed by atoms with E-state index in [0.29, 0.717) is 16.5 Å². The van der Waals surface area contributed by atoms with Gasteiger partial charge in [0.15, 0.2) is 0 Å². The monoisotopic (exact) mass is 385 g/mol. The summed E-state index contributed by atoms with van der Waals surface area (Å²) in [5, 5.41) is 0.581. The molecule has 1 aliphatic rings. The Morgan fingerprint density at radius 2 is 1.93 bits per heavy atom. The maximum Gasteiger partial charge on any atom is 0.236 e. The standard InChI is InChI=1S/C20H24ClN5O/c1-4-24-7-9-25(10-8-24)19-5-6-26-13-17(22-20(26)23-19)15-12-16(21)18(27-3)11-14(15)2/h5-6,11-13H,4,7-10H2,1-3H3. The summed E-state index contributed by atoms with van der Waals surface area (Å²) < 4.78 is 7.25. The van der Waals surface area contributed by atoms with Gasteiger partial charge in [0, 0.05) is 44.1 Å². The molecule has 1 saturated heterocycles. The number of methoxy groups -OCH3 is 1. The lowest BCUT2D eigenvalue weighted by Crippen LogP contribution is -2.46. The zero-order valence-corrected chi connectivity index (χ0v) is 16.7. The molecule has 0 unspecified atom stereocenters. The lowest BCUT2D eigenvalue weighted by molar-refractivity contribution is 0.270. The molecule has 3 heterocycles. The zero-order chi connectivity index (χ0) is 19.0. The summed E-state index contributed by atoms with van der Waals surface area (Å²) in [5.41, 5.74) is 2.91. The number of benzene rings is 1. The summed E-state index contributed by atoms with van der Waals surface area (Å²) in [6.07, 6.45) is 4.02. The number of hydrogen-bond acceptors (Lipinski definition) is 5. The molecular formula is C20H24ClN5O. The topological polar surface area (TPSA) is 45.9 Å². The lowest BCUT2D eigenvalue weighted by Gasteiger charge is -2.34. The highest BCUT2D eigenvalue weighted by atomic mass is 35.5. The average Bonchev–Trinajstić information content (AvgIpc) is 3.12. The Hall–Kier alpha value is -2.31. The fraction of sp³-hybridized carbons (Fsp3) is 0.400. The molecular weight excluding hydrogens is 362 g/mol. The molecule has 3 aromatic rings. The Bertz CT molecular complexity index is 962. The van der Waals surface area contributed by atoms with Crippen molar-refractivity contribution >= 4 is 23.2 Å². The summed E-state index contributed by atoms with van der Waals surface area (Å²) in [7, 11) is 1.62. The first-order valence-corrected chi connectivity index (χ1v) is 9.64. The average molecular weight is 386 g/mol. The van der Waals surface area contributed by atoms with Crippen LogP contribution in [-0.2, 0) is 0 Å². The summed E-state index contributed by atoms with van der Waals surface area (Å²) >= 11 is 6.31. The van der Waals surface area contributed by atoms with Crippen LogP contribution >= 0.6 is 11.6 Å². The second-order valence-electron chi connectivity index (χ2n) is 6.84. The zero-order valence-electron chi connectivity index (χ0n) is 15.9. The first-order chi connectivity index (χ1) is 13.1. The van der Waals surface area contributed by atoms with E-state index >= 15 is 0 Å². The van der Waals surface area contributed by atoms with Crippen molar-refractivity contribution < 1.29 is 4.74 Å². The van der Waals surface area contributed by atoms with Gasteiger partial charge in [-0.25, -0.2) is 4.98 Å². The maximum absolute atomic E-state index is 6.31. The molecule has 2 aromatic heterocycles. The van der Waals surface area contributed by atoms with Crippen molar-refractivity contribution in [1.82, 2.24) is 19.3 Å². The number of hydrogen-bond donors (Lipinski definition) is 0. The first kappa shape index (κ1) is 18.1. The maximum atomic E-state index is 6.31. The molecule has 1 fully saturated rings. The highest BCUT2D eigenvalue weighted by molar-refractivity contribution is 6.32. The van der Waals surface area contributed by atoms with E-state index in [4.69, 9.17) is 26.3 Å². The van der Waals surface area contributed by atoms with Crippen molar-refractivity contribution in [3.8, 4) is 17.0 Å². The van der Waals surface area contributed by atoms with E-state index in [1.807, 2.05) is 35.9 Å². The van der Waals surface area contributed by atoms with Gasteiger partial charge in [0.05, 0.1) is 17.8 Å². The number of anilines is 1. The molecule has 0 N–H and O–H groups in total. The van der Waals surface area contributed by atoms with Crippen LogP contribution < -0.4 is 9.64 Å². The largest absolute Gasteiger partial charge is 0.495 e. The van der Waals surface area contributed by atoms with Gasteiger partial charge in [0.2, 0.25) is 5.78 Å². The van der Waals surface area contributed by atoms with Crippen molar-refractivity contribution in [2.45, 2.75) is 13.8 Å². The number of aryl methyl sites for hydroxylation is 1. The van der Waals surface area contributed by atoms with Crippen molar-refractivity contribution in [2.75, 3.05) is 44.7 Å². The number of halogens is 1. The number of imidazole rings is 1. The van der Waals surface area contributed by atoms with E-state index in [-0.39, 0.29) is 0 Å². The molecule has 0 radical (unpaired) electrons. The van der Waals surface area contributed by atoms with E-state index < -0.39 is 0 Å². The van der Waals surface area contributed by atoms with Crippen molar-refractivity contribution in [3.05, 3.63) is 41.2 Å². The molecule has 0 amide bonds. The van der Waals surface area contributed by atoms with Crippen LogP contribution in [-0.4, -0.2) is 59.1 Å². The summed E-state index contributed by atoms with van der Waals surface area (Å²) in [6.45, 7) is 9.49. The molecule has 0 saturated carbocycles. The third kappa shape index (κ3) is 3.47. The van der Waals surface area contributed by atoms with Crippen LogP contribution in [0.25, 0.3) is 17.0 Å². The Balaban J connectivity index is 1.65. The minimum atomic E-state index is 0.581. The molecule has 27 heavy (non-hydrogen) atoms. The normalized spacial score (nSPS) is 15.5. The van der Waals surface area contributed by atoms with Crippen LogP contribution in [0.3, 0.4) is 0 Å². The predicted molar refractivity (Wildman–Crippen MR) is 109 cm³/mol. The number of nitrogens with zero attached hydrogens (tertiary/aromatic N) is 5. The molecule has 1 aliphatic heterocycles. The molecule has 0 aliphatic carbocycles. The number of rotatable bonds is 4. The van der Waals surface area contributed by atoms with E-state index in [1.165, 1.54) is 0 Å². The number of ether oxygens (including phenoxy) is 1. The highest BCUT2D eigenvalue weighted by Crippen LogP contribution is 2.33. The molecule has 4 rings (SSSR count). The highest BCUT2D eigenvalue weighted by Gasteiger charge is 2.18. The van der Waals surface area contributed by atoms with Crippen molar-refractivity contribution in [2.24, 2.45) is 0 Å². The molecule has 0 bridgehead atoms. The van der Waals surface area contributed by atoms with Crippen LogP contribution in [0.4, 0.5) is 5.82 Å². The molecule has 0 spiro atoms. The predicted octanol–water partition coefficient (Wildman–Crippen LogP) is 3.51. The third-order valence-electron chi connectivity index (χ3n) is 5.23. The minimum absolute atomic E-state index is 0.581. The van der Waals surface area contributed by atoms with E-state index in [1.54, 1.807) is 7.11 Å². The molecule has 6 nitrogen and oxygen atoms in total. The third-order valence-corrected chi connectivity index (χ3v) is 5.53. The van der Waals surface area contributed by atoms with Crippen LogP contribution in [0.5, 0.6) is 5.75 Å². The number of likely N-dealkylation sites (N-methyl/N-ethyl adjacent to an activating group) is 1. The van der Waals surface area contributed by atoms with E-state index in [9.17, 15) is 0 Å². The summed E-state index contributed by atoms with van der Waals surface area (Å²) in [6, 6.07) is 5.91. The van der Waals surface area contributed by atoms with Crippen molar-refractivity contribution in [3.63, 3.8) is 0 Å². The lowest BCUT2D eigenvalue weighted by atomic mass is 10.1. The Labute approximate surface area is 164 Å². The molecule has 142 valence electrons. The number of piperazine rings is 1. The van der Waals surface area contributed by atoms with Crippen molar-refractivity contribution in [1.29, 1.82) is 0 Å². The van der Waals surface area contributed by atoms with Gasteiger partial charge < -0.3 is 14.5 Å². The second kappa shape index (κ2) is 7.37. The summed E-state index contributed by atoms with van der Waals surface area (Å²) in [5.74, 6) is 2.36. The van der Waals surface area contributed by atoms with Gasteiger partial charge in [-0.1, -0.05) is 18.5 Å².